The Hall–Kier alpha value is -5.25. The Morgan fingerprint density at radius 2 is 1.67 bits per heavy atom. The van der Waals surface area contributed by atoms with E-state index in [0.717, 1.165) is 47.9 Å². The molecule has 1 heterocycles. The Balaban J connectivity index is 1.52. The van der Waals surface area contributed by atoms with Gasteiger partial charge in [-0.15, -0.1) is 6.58 Å². The number of hydrogen-bond acceptors (Lipinski definition) is 12. The first-order valence-electron chi connectivity index (χ1n) is 22.2. The van der Waals surface area contributed by atoms with Crippen molar-refractivity contribution in [3.63, 3.8) is 0 Å². The van der Waals surface area contributed by atoms with E-state index in [2.05, 4.69) is 18.0 Å². The predicted molar refractivity (Wildman–Crippen MR) is 237 cm³/mol. The second-order valence-electron chi connectivity index (χ2n) is 16.0. The summed E-state index contributed by atoms with van der Waals surface area (Å²) >= 11 is 0. The van der Waals surface area contributed by atoms with Crippen molar-refractivity contribution in [2.75, 3.05) is 52.8 Å². The van der Waals surface area contributed by atoms with Gasteiger partial charge in [-0.2, -0.15) is 0 Å². The molecular weight excluding hydrogens is 807 g/mol. The molecule has 340 valence electrons. The summed E-state index contributed by atoms with van der Waals surface area (Å²) in [5, 5.41) is 37.1. The number of aliphatic hydroxyl groups is 3. The van der Waals surface area contributed by atoms with Crippen molar-refractivity contribution < 1.29 is 53.4 Å². The first-order valence-corrected chi connectivity index (χ1v) is 22.2. The number of aliphatic hydroxyl groups excluding tert-OH is 3. The Kier molecular flexibility index (Phi) is 18.0. The van der Waals surface area contributed by atoms with Crippen molar-refractivity contribution in [2.24, 2.45) is 22.9 Å². The summed E-state index contributed by atoms with van der Waals surface area (Å²) in [6.07, 6.45) is 7.12. The minimum absolute atomic E-state index is 0.00259. The second kappa shape index (κ2) is 24.0. The third-order valence-corrected chi connectivity index (χ3v) is 12.0. The van der Waals surface area contributed by atoms with E-state index in [1.165, 1.54) is 0 Å². The fourth-order valence-corrected chi connectivity index (χ4v) is 9.29. The van der Waals surface area contributed by atoms with E-state index < -0.39 is 29.9 Å². The van der Waals surface area contributed by atoms with Gasteiger partial charge in [0.2, 0.25) is 5.79 Å². The van der Waals surface area contributed by atoms with Gasteiger partial charge in [0.1, 0.15) is 24.1 Å². The third kappa shape index (κ3) is 11.9. The van der Waals surface area contributed by atoms with Crippen molar-refractivity contribution in [3.8, 4) is 11.5 Å². The molecule has 4 N–H and O–H groups in total. The highest BCUT2D eigenvalue weighted by Gasteiger charge is 2.65. The largest absolute Gasteiger partial charge is 0.459 e. The van der Waals surface area contributed by atoms with Crippen LogP contribution in [0.5, 0.6) is 11.5 Å². The van der Waals surface area contributed by atoms with Crippen LogP contribution in [0.25, 0.3) is 0 Å². The lowest BCUT2D eigenvalue weighted by Crippen LogP contribution is -2.70. The van der Waals surface area contributed by atoms with E-state index in [9.17, 15) is 24.9 Å². The van der Waals surface area contributed by atoms with Crippen molar-refractivity contribution in [2.45, 2.75) is 82.8 Å². The summed E-state index contributed by atoms with van der Waals surface area (Å²) in [5.74, 6) is -1.68. The Morgan fingerprint density at radius 1 is 0.937 bits per heavy atom. The maximum Gasteiger partial charge on any atom is 0.412 e. The molecule has 1 aliphatic heterocycles. The van der Waals surface area contributed by atoms with Crippen LogP contribution in [0.15, 0.2) is 108 Å². The van der Waals surface area contributed by atoms with Gasteiger partial charge in [0.25, 0.3) is 0 Å². The number of amides is 2. The summed E-state index contributed by atoms with van der Waals surface area (Å²) < 4.78 is 31.6. The van der Waals surface area contributed by atoms with Crippen LogP contribution in [0.2, 0.25) is 0 Å². The molecule has 0 radical (unpaired) electrons. The highest BCUT2D eigenvalue weighted by molar-refractivity contribution is 6.03. The number of nitrogens with one attached hydrogen (secondary N) is 1. The first kappa shape index (κ1) is 47.2. The average molecular weight is 870 g/mol. The number of carbonyl (C=O) groups is 2. The van der Waals surface area contributed by atoms with E-state index in [-0.39, 0.29) is 90.1 Å². The number of carbonyl (C=O) groups excluding carboxylic acids is 2. The molecule has 14 nitrogen and oxygen atoms in total. The maximum absolute atomic E-state index is 14.2. The SMILES string of the molecule is C=CCOC12Oc3ccc(OC(=O)NCc4ccccc4)cc3C3C(CCCCO)C(CCCCO)C=C(C(=NOCc4ccccc4)CC1N(CCOCCO)C(=O)OCC)C32. The minimum Gasteiger partial charge on any atom is -0.459 e. The minimum atomic E-state index is -1.53. The van der Waals surface area contributed by atoms with Gasteiger partial charge in [-0.25, -0.2) is 9.59 Å². The lowest BCUT2D eigenvalue weighted by Gasteiger charge is -2.59. The summed E-state index contributed by atoms with van der Waals surface area (Å²) in [5.41, 5.74) is 4.15. The van der Waals surface area contributed by atoms with E-state index >= 15 is 0 Å². The fraction of sp³-hybridized carbons (Fsp3) is 0.490. The number of unbranched alkanes of at least 4 members (excludes halogenated alkanes) is 2. The van der Waals surface area contributed by atoms with Gasteiger partial charge in [0, 0.05) is 44.2 Å². The molecule has 0 aromatic heterocycles. The summed E-state index contributed by atoms with van der Waals surface area (Å²) in [4.78, 5) is 35.2. The van der Waals surface area contributed by atoms with E-state index in [4.69, 9.17) is 33.7 Å². The quantitative estimate of drug-likeness (QED) is 0.0404. The number of benzene rings is 3. The zero-order chi connectivity index (χ0) is 44.4. The molecule has 0 saturated heterocycles. The number of rotatable bonds is 24. The van der Waals surface area contributed by atoms with Gasteiger partial charge in [0.05, 0.1) is 44.7 Å². The molecule has 2 amide bonds. The summed E-state index contributed by atoms with van der Waals surface area (Å²) in [7, 11) is 0. The zero-order valence-electron chi connectivity index (χ0n) is 36.3. The molecule has 1 fully saturated rings. The van der Waals surface area contributed by atoms with Gasteiger partial charge in [-0.1, -0.05) is 90.8 Å². The highest BCUT2D eigenvalue weighted by atomic mass is 16.7. The van der Waals surface area contributed by atoms with Gasteiger partial charge in [-0.3, -0.25) is 4.90 Å². The van der Waals surface area contributed by atoms with Crippen molar-refractivity contribution in [3.05, 3.63) is 120 Å². The first-order chi connectivity index (χ1) is 30.9. The lowest BCUT2D eigenvalue weighted by atomic mass is 9.55. The lowest BCUT2D eigenvalue weighted by molar-refractivity contribution is -0.256. The Bertz CT molecular complexity index is 1980. The molecule has 14 heteroatoms. The zero-order valence-corrected chi connectivity index (χ0v) is 36.3. The van der Waals surface area contributed by atoms with Gasteiger partial charge < -0.3 is 49.2 Å². The van der Waals surface area contributed by atoms with Gasteiger partial charge in [0.15, 0.2) is 0 Å². The predicted octanol–water partition coefficient (Wildman–Crippen LogP) is 7.28. The molecule has 3 aliphatic rings. The molecule has 6 unspecified atom stereocenters. The van der Waals surface area contributed by atoms with Crippen LogP contribution in [0.1, 0.15) is 74.5 Å². The van der Waals surface area contributed by atoms with Crippen LogP contribution in [-0.2, 0) is 32.2 Å². The fourth-order valence-electron chi connectivity index (χ4n) is 9.29. The van der Waals surface area contributed by atoms with Crippen LogP contribution in [0, 0.1) is 17.8 Å². The average Bonchev–Trinajstić information content (AvgIpc) is 3.30. The molecule has 6 atom stereocenters. The van der Waals surface area contributed by atoms with Crippen molar-refractivity contribution >= 4 is 17.9 Å². The number of ether oxygens (including phenoxy) is 5. The number of hydrogen-bond donors (Lipinski definition) is 4. The van der Waals surface area contributed by atoms with Crippen molar-refractivity contribution in [1.82, 2.24) is 10.2 Å². The third-order valence-electron chi connectivity index (χ3n) is 12.0. The topological polar surface area (TPSA) is 178 Å². The highest BCUT2D eigenvalue weighted by Crippen LogP contribution is 2.62. The molecule has 63 heavy (non-hydrogen) atoms. The van der Waals surface area contributed by atoms with Crippen LogP contribution >= 0.6 is 0 Å². The van der Waals surface area contributed by atoms with E-state index in [0.29, 0.717) is 30.1 Å². The monoisotopic (exact) mass is 869 g/mol. The van der Waals surface area contributed by atoms with Gasteiger partial charge in [-0.05, 0) is 79.3 Å². The van der Waals surface area contributed by atoms with Crippen LogP contribution < -0.4 is 14.8 Å². The summed E-state index contributed by atoms with van der Waals surface area (Å²) in [6, 6.07) is 23.8. The number of oxime groups is 1. The molecule has 6 rings (SSSR count). The second-order valence-corrected chi connectivity index (χ2v) is 16.0. The van der Waals surface area contributed by atoms with Crippen LogP contribution in [0.3, 0.4) is 0 Å². The molecule has 0 bridgehead atoms. The number of nitrogens with zero attached hydrogens (tertiary/aromatic N) is 2. The number of fused-ring (bicyclic) bond motifs is 2. The molecule has 0 spiro atoms. The van der Waals surface area contributed by atoms with Gasteiger partial charge >= 0.3 is 12.2 Å². The maximum atomic E-state index is 14.2. The van der Waals surface area contributed by atoms with Crippen LogP contribution in [-0.4, -0.2) is 103 Å². The molecule has 2 aliphatic carbocycles. The van der Waals surface area contributed by atoms with E-state index in [1.807, 2.05) is 66.7 Å². The van der Waals surface area contributed by atoms with E-state index in [1.54, 1.807) is 30.0 Å². The Labute approximate surface area is 370 Å². The summed E-state index contributed by atoms with van der Waals surface area (Å²) in [6.45, 7) is 6.63. The standard InChI is InChI=1S/C49H63N3O11/c1-3-27-60-49-44(52(48(57)59-4-2)23-28-58-29-26-55)32-42(51-61-34-36-17-9-6-10-18-36)40-30-37(19-11-13-24-53)39(20-12-14-25-54)45(46(40)49)41-31-38(21-22-43(41)63-49)62-47(56)50-33-35-15-7-5-8-16-35/h3,5-10,15-18,21-22,30-31,37,39,44-46,53-55H,1,4,11-14,19-20,23-29,32-34H2,2H3,(H,50,56). The Morgan fingerprint density at radius 3 is 2.37 bits per heavy atom. The normalized spacial score (nSPS) is 22.8. The number of allylic oxidation sites excluding steroid dienone is 1. The molecular formula is C49H63N3O11. The van der Waals surface area contributed by atoms with Crippen LogP contribution in [0.4, 0.5) is 9.59 Å². The molecule has 3 aromatic carbocycles. The smallest absolute Gasteiger partial charge is 0.412 e. The molecule has 1 saturated carbocycles. The molecule has 3 aromatic rings. The van der Waals surface area contributed by atoms with Crippen molar-refractivity contribution in [1.29, 1.82) is 0 Å².